The summed E-state index contributed by atoms with van der Waals surface area (Å²) in [5.74, 6) is -2.61. The Bertz CT molecular complexity index is 386. The molecule has 0 aromatic rings. The predicted octanol–water partition coefficient (Wildman–Crippen LogP) is -1.28. The summed E-state index contributed by atoms with van der Waals surface area (Å²) in [5, 5.41) is 9.88. The molecule has 20 heavy (non-hydrogen) atoms. The van der Waals surface area contributed by atoms with Crippen molar-refractivity contribution in [1.82, 2.24) is 15.9 Å². The van der Waals surface area contributed by atoms with Crippen LogP contribution in [0.25, 0.3) is 0 Å². The summed E-state index contributed by atoms with van der Waals surface area (Å²) in [4.78, 5) is 48.0. The van der Waals surface area contributed by atoms with Crippen LogP contribution in [0, 0.1) is 0 Å². The normalized spacial score (nSPS) is 11.3. The molecule has 0 heterocycles. The second-order valence-corrected chi connectivity index (χ2v) is 3.77. The zero-order valence-corrected chi connectivity index (χ0v) is 11.2. The topological polar surface area (TPSA) is 151 Å². The van der Waals surface area contributed by atoms with Gasteiger partial charge in [-0.05, 0) is 13.3 Å². The van der Waals surface area contributed by atoms with Crippen molar-refractivity contribution in [3.63, 3.8) is 0 Å². The van der Waals surface area contributed by atoms with Crippen LogP contribution < -0.4 is 16.6 Å². The highest BCUT2D eigenvalue weighted by molar-refractivity contribution is 5.78. The molecular formula is C10H18N4O6. The zero-order chi connectivity index (χ0) is 15.7. The summed E-state index contributed by atoms with van der Waals surface area (Å²) in [6.45, 7) is 2.91. The highest BCUT2D eigenvalue weighted by Gasteiger charge is 2.22. The van der Waals surface area contributed by atoms with Crippen molar-refractivity contribution in [3.05, 3.63) is 0 Å². The molecule has 0 aliphatic carbocycles. The van der Waals surface area contributed by atoms with Gasteiger partial charge in [-0.1, -0.05) is 0 Å². The van der Waals surface area contributed by atoms with Crippen LogP contribution in [-0.2, 0) is 19.2 Å². The van der Waals surface area contributed by atoms with Gasteiger partial charge in [0.05, 0.1) is 6.42 Å². The summed E-state index contributed by atoms with van der Waals surface area (Å²) in [7, 11) is 0. The number of nitrogens with two attached hydrogens (primary N) is 1. The highest BCUT2D eigenvalue weighted by Crippen LogP contribution is 2.01. The van der Waals surface area contributed by atoms with Gasteiger partial charge in [-0.15, -0.1) is 0 Å². The lowest BCUT2D eigenvalue weighted by Gasteiger charge is -2.23. The number of hydrogen-bond donors (Lipinski definition) is 4. The molecule has 0 radical (unpaired) electrons. The SMILES string of the molecule is CCN(N[C@@H](CCC(=O)ONC(C)=O)C(=O)O)C(N)=O. The summed E-state index contributed by atoms with van der Waals surface area (Å²) in [6, 6.07) is -2.02. The minimum absolute atomic E-state index is 0.141. The smallest absolute Gasteiger partial charge is 0.332 e. The van der Waals surface area contributed by atoms with Gasteiger partial charge in [-0.3, -0.25) is 14.6 Å². The van der Waals surface area contributed by atoms with Crippen molar-refractivity contribution in [2.45, 2.75) is 32.7 Å². The molecule has 0 aromatic heterocycles. The molecule has 0 fully saturated rings. The van der Waals surface area contributed by atoms with E-state index >= 15 is 0 Å². The Hall–Kier alpha value is -2.36. The number of carbonyl (C=O) groups excluding carboxylic acids is 3. The number of primary amides is 1. The van der Waals surface area contributed by atoms with Crippen LogP contribution in [0.2, 0.25) is 0 Å². The highest BCUT2D eigenvalue weighted by atomic mass is 16.7. The molecule has 0 unspecified atom stereocenters. The first kappa shape index (κ1) is 17.6. The third-order valence-electron chi connectivity index (χ3n) is 2.14. The first-order valence-electron chi connectivity index (χ1n) is 5.80. The number of carboxylic acids is 1. The monoisotopic (exact) mass is 290 g/mol. The molecule has 0 aromatic carbocycles. The van der Waals surface area contributed by atoms with Crippen molar-refractivity contribution in [2.24, 2.45) is 5.73 Å². The second kappa shape index (κ2) is 8.69. The van der Waals surface area contributed by atoms with Crippen molar-refractivity contribution in [1.29, 1.82) is 0 Å². The number of hydroxylamine groups is 1. The molecule has 3 amide bonds. The predicted molar refractivity (Wildman–Crippen MR) is 65.7 cm³/mol. The van der Waals surface area contributed by atoms with Crippen molar-refractivity contribution in [2.75, 3.05) is 6.54 Å². The maximum atomic E-state index is 11.2. The minimum atomic E-state index is -1.25. The molecule has 0 bridgehead atoms. The van der Waals surface area contributed by atoms with Gasteiger partial charge in [-0.25, -0.2) is 15.0 Å². The van der Waals surface area contributed by atoms with Gasteiger partial charge >= 0.3 is 18.0 Å². The van der Waals surface area contributed by atoms with Gasteiger partial charge in [0, 0.05) is 13.5 Å². The van der Waals surface area contributed by atoms with Crippen LogP contribution in [0.1, 0.15) is 26.7 Å². The number of carbonyl (C=O) groups is 4. The summed E-state index contributed by atoms with van der Waals surface area (Å²) in [5.41, 5.74) is 9.24. The standard InChI is InChI=1S/C10H18N4O6/c1-3-14(10(11)19)12-7(9(17)18)4-5-8(16)20-13-6(2)15/h7,12H,3-5H2,1-2H3,(H2,11,19)(H,13,15)(H,17,18)/t7-/m0/s1. The Morgan fingerprint density at radius 2 is 1.95 bits per heavy atom. The van der Waals surface area contributed by atoms with E-state index in [1.54, 1.807) is 6.92 Å². The van der Waals surface area contributed by atoms with E-state index in [-0.39, 0.29) is 19.4 Å². The van der Waals surface area contributed by atoms with E-state index in [4.69, 9.17) is 10.8 Å². The number of hydrazine groups is 1. The Kier molecular flexibility index (Phi) is 7.67. The van der Waals surface area contributed by atoms with Gasteiger partial charge in [0.2, 0.25) is 5.91 Å². The van der Waals surface area contributed by atoms with Gasteiger partial charge in [0.15, 0.2) is 0 Å². The van der Waals surface area contributed by atoms with Gasteiger partial charge in [-0.2, -0.15) is 5.48 Å². The lowest BCUT2D eigenvalue weighted by Crippen LogP contribution is -2.53. The lowest BCUT2D eigenvalue weighted by molar-refractivity contribution is -0.158. The number of hydrogen-bond acceptors (Lipinski definition) is 6. The average Bonchev–Trinajstić information content (AvgIpc) is 2.35. The number of nitrogens with one attached hydrogen (secondary N) is 2. The van der Waals surface area contributed by atoms with Gasteiger partial charge in [0.25, 0.3) is 0 Å². The van der Waals surface area contributed by atoms with Crippen molar-refractivity contribution in [3.8, 4) is 0 Å². The molecule has 0 spiro atoms. The van der Waals surface area contributed by atoms with Crippen LogP contribution in [0.3, 0.4) is 0 Å². The third kappa shape index (κ3) is 7.16. The van der Waals surface area contributed by atoms with Crippen LogP contribution in [0.4, 0.5) is 4.79 Å². The van der Waals surface area contributed by atoms with E-state index in [1.807, 2.05) is 5.48 Å². The van der Waals surface area contributed by atoms with Gasteiger partial charge < -0.3 is 15.7 Å². The number of aliphatic carboxylic acids is 1. The number of rotatable bonds is 7. The maximum Gasteiger partial charge on any atom is 0.332 e. The van der Waals surface area contributed by atoms with Crippen LogP contribution in [-0.4, -0.2) is 46.6 Å². The number of urea groups is 1. The fourth-order valence-electron chi connectivity index (χ4n) is 1.18. The fourth-order valence-corrected chi connectivity index (χ4v) is 1.18. The van der Waals surface area contributed by atoms with E-state index < -0.39 is 29.9 Å². The zero-order valence-electron chi connectivity index (χ0n) is 11.2. The van der Waals surface area contributed by atoms with E-state index in [1.165, 1.54) is 0 Å². The first-order valence-corrected chi connectivity index (χ1v) is 5.80. The summed E-state index contributed by atoms with van der Waals surface area (Å²) in [6.07, 6.45) is -0.405. The van der Waals surface area contributed by atoms with Crippen LogP contribution >= 0.6 is 0 Å². The molecule has 0 aliphatic rings. The maximum absolute atomic E-state index is 11.2. The Labute approximate surface area is 115 Å². The van der Waals surface area contributed by atoms with E-state index in [2.05, 4.69) is 10.3 Å². The lowest BCUT2D eigenvalue weighted by atomic mass is 10.1. The van der Waals surface area contributed by atoms with Crippen molar-refractivity contribution >= 4 is 23.9 Å². The summed E-state index contributed by atoms with van der Waals surface area (Å²) < 4.78 is 0. The van der Waals surface area contributed by atoms with E-state index in [9.17, 15) is 19.2 Å². The molecule has 0 rings (SSSR count). The molecule has 0 aliphatic heterocycles. The molecule has 0 saturated carbocycles. The third-order valence-corrected chi connectivity index (χ3v) is 2.14. The molecule has 5 N–H and O–H groups in total. The molecule has 0 saturated heterocycles. The Balaban J connectivity index is 4.34. The summed E-state index contributed by atoms with van der Waals surface area (Å²) >= 11 is 0. The largest absolute Gasteiger partial charge is 0.480 e. The number of nitrogens with zero attached hydrogens (tertiary/aromatic N) is 1. The van der Waals surface area contributed by atoms with Crippen LogP contribution in [0.5, 0.6) is 0 Å². The quantitative estimate of drug-likeness (QED) is 0.426. The van der Waals surface area contributed by atoms with Gasteiger partial charge in [0.1, 0.15) is 6.04 Å². The van der Waals surface area contributed by atoms with Crippen LogP contribution in [0.15, 0.2) is 0 Å². The molecule has 10 heteroatoms. The Morgan fingerprint density at radius 1 is 1.35 bits per heavy atom. The Morgan fingerprint density at radius 3 is 2.35 bits per heavy atom. The molecular weight excluding hydrogens is 272 g/mol. The number of amides is 3. The second-order valence-electron chi connectivity index (χ2n) is 3.77. The number of carboxylic acid groups (broad SMARTS) is 1. The average molecular weight is 290 g/mol. The fraction of sp³-hybridized carbons (Fsp3) is 0.600. The molecule has 114 valence electrons. The minimum Gasteiger partial charge on any atom is -0.480 e. The molecule has 1 atom stereocenters. The first-order chi connectivity index (χ1) is 9.27. The van der Waals surface area contributed by atoms with E-state index in [0.717, 1.165) is 11.9 Å². The van der Waals surface area contributed by atoms with E-state index in [0.29, 0.717) is 0 Å². The molecule has 10 nitrogen and oxygen atoms in total. The van der Waals surface area contributed by atoms with Crippen molar-refractivity contribution < 1.29 is 29.1 Å².